The van der Waals surface area contributed by atoms with Crippen LogP contribution in [-0.2, 0) is 4.79 Å². The highest BCUT2D eigenvalue weighted by Crippen LogP contribution is 2.34. The number of carbonyl (C=O) groups is 2. The Labute approximate surface area is 177 Å². The van der Waals surface area contributed by atoms with Crippen LogP contribution in [0.4, 0.5) is 26.2 Å². The van der Waals surface area contributed by atoms with E-state index in [0.29, 0.717) is 40.9 Å². The Morgan fingerprint density at radius 3 is 2.61 bits per heavy atom. The number of amides is 2. The van der Waals surface area contributed by atoms with Crippen molar-refractivity contribution in [3.8, 4) is 0 Å². The second-order valence-electron chi connectivity index (χ2n) is 8.13. The Morgan fingerprint density at radius 1 is 1.29 bits per heavy atom. The van der Waals surface area contributed by atoms with Crippen LogP contribution in [0.15, 0.2) is 12.3 Å². The Morgan fingerprint density at radius 2 is 2.00 bits per heavy atom. The van der Waals surface area contributed by atoms with Gasteiger partial charge in [-0.25, -0.2) is 9.67 Å². The summed E-state index contributed by atoms with van der Waals surface area (Å²) in [5.74, 6) is 0.658. The van der Waals surface area contributed by atoms with Gasteiger partial charge >= 0.3 is 6.55 Å². The number of hydrogen-bond donors (Lipinski definition) is 2. The number of likely N-dealkylation sites (N-methyl/N-ethyl adjacent to an activating group) is 1. The molecule has 31 heavy (non-hydrogen) atoms. The Balaban J connectivity index is 1.43. The predicted molar refractivity (Wildman–Crippen MR) is 109 cm³/mol. The molecule has 2 aliphatic heterocycles. The summed E-state index contributed by atoms with van der Waals surface area (Å²) in [6, 6.07) is 0.864. The van der Waals surface area contributed by atoms with E-state index in [0.717, 1.165) is 6.20 Å². The number of halogens is 2. The van der Waals surface area contributed by atoms with E-state index in [1.54, 1.807) is 6.92 Å². The molecular weight excluding hydrogens is 410 g/mol. The molecule has 2 aromatic rings. The molecule has 12 heteroatoms. The van der Waals surface area contributed by atoms with E-state index in [4.69, 9.17) is 0 Å². The standard InChI is InChI=1S/C19H24F2N8O2/c1-9(2)14-16(30)24-13-10(3)22-19(25-15(13)27(14)4)23-11-7-28(8-11)17(31)12-5-6-29(26-12)18(20)21/h5-6,9,11,14,18H,7-8H2,1-4H3,(H,24,30)(H,22,23,25)/t14-/m0/s1. The zero-order chi connectivity index (χ0) is 22.4. The van der Waals surface area contributed by atoms with Gasteiger partial charge in [-0.1, -0.05) is 13.8 Å². The number of likely N-dealkylation sites (tertiary alicyclic amines) is 1. The Hall–Kier alpha value is -3.31. The molecule has 0 aliphatic carbocycles. The minimum absolute atomic E-state index is 0.0169. The van der Waals surface area contributed by atoms with E-state index in [-0.39, 0.29) is 29.6 Å². The molecule has 2 amide bonds. The predicted octanol–water partition coefficient (Wildman–Crippen LogP) is 1.73. The van der Waals surface area contributed by atoms with Crippen molar-refractivity contribution in [2.75, 3.05) is 35.7 Å². The van der Waals surface area contributed by atoms with Gasteiger partial charge in [0.15, 0.2) is 11.5 Å². The first-order valence-electron chi connectivity index (χ1n) is 9.97. The van der Waals surface area contributed by atoms with Crippen molar-refractivity contribution in [1.82, 2.24) is 24.6 Å². The first kappa shape index (κ1) is 20.9. The lowest BCUT2D eigenvalue weighted by Gasteiger charge is -2.40. The summed E-state index contributed by atoms with van der Waals surface area (Å²) in [5.41, 5.74) is 1.21. The molecule has 2 N–H and O–H groups in total. The smallest absolute Gasteiger partial charge is 0.333 e. The number of carbonyl (C=O) groups excluding carboxylic acids is 2. The summed E-state index contributed by atoms with van der Waals surface area (Å²) in [7, 11) is 1.83. The van der Waals surface area contributed by atoms with Crippen molar-refractivity contribution in [2.24, 2.45) is 5.92 Å². The number of nitrogens with one attached hydrogen (secondary N) is 2. The van der Waals surface area contributed by atoms with Crippen LogP contribution in [0.2, 0.25) is 0 Å². The van der Waals surface area contributed by atoms with Gasteiger partial charge in [-0.3, -0.25) is 9.59 Å². The van der Waals surface area contributed by atoms with Crippen molar-refractivity contribution >= 4 is 29.3 Å². The van der Waals surface area contributed by atoms with Crippen molar-refractivity contribution in [3.05, 3.63) is 23.7 Å². The summed E-state index contributed by atoms with van der Waals surface area (Å²) in [6.45, 7) is 3.72. The number of nitrogens with zero attached hydrogens (tertiary/aromatic N) is 6. The van der Waals surface area contributed by atoms with Gasteiger partial charge in [-0.15, -0.1) is 0 Å². The highest BCUT2D eigenvalue weighted by molar-refractivity contribution is 6.03. The van der Waals surface area contributed by atoms with Crippen LogP contribution in [0.25, 0.3) is 0 Å². The van der Waals surface area contributed by atoms with Crippen LogP contribution < -0.4 is 15.5 Å². The molecule has 1 saturated heterocycles. The maximum absolute atomic E-state index is 12.6. The van der Waals surface area contributed by atoms with Gasteiger partial charge in [0.25, 0.3) is 5.91 Å². The second kappa shape index (κ2) is 7.75. The molecular formula is C19H24F2N8O2. The monoisotopic (exact) mass is 434 g/mol. The molecule has 2 aromatic heterocycles. The molecule has 0 saturated carbocycles. The Bertz CT molecular complexity index is 1020. The Kier molecular flexibility index (Phi) is 5.23. The lowest BCUT2D eigenvalue weighted by Crippen LogP contribution is -2.57. The van der Waals surface area contributed by atoms with E-state index in [2.05, 4.69) is 25.7 Å². The van der Waals surface area contributed by atoms with Crippen molar-refractivity contribution in [1.29, 1.82) is 0 Å². The maximum atomic E-state index is 12.6. The third kappa shape index (κ3) is 3.77. The third-order valence-electron chi connectivity index (χ3n) is 5.50. The van der Waals surface area contributed by atoms with Gasteiger partial charge in [0.05, 0.1) is 11.7 Å². The van der Waals surface area contributed by atoms with Gasteiger partial charge in [-0.2, -0.15) is 18.9 Å². The molecule has 4 heterocycles. The SMILES string of the molecule is Cc1nc(NC2CN(C(=O)c3ccn(C(F)F)n3)C2)nc2c1NC(=O)[C@H](C(C)C)N2C. The van der Waals surface area contributed by atoms with Gasteiger partial charge in [0, 0.05) is 26.3 Å². The van der Waals surface area contributed by atoms with Crippen LogP contribution in [0.3, 0.4) is 0 Å². The average Bonchev–Trinajstić information content (AvgIpc) is 3.15. The first-order valence-corrected chi connectivity index (χ1v) is 9.97. The van der Waals surface area contributed by atoms with Crippen LogP contribution in [0, 0.1) is 12.8 Å². The molecule has 166 valence electrons. The van der Waals surface area contributed by atoms with Crippen molar-refractivity contribution in [3.63, 3.8) is 0 Å². The number of fused-ring (bicyclic) bond motifs is 1. The number of hydrogen-bond acceptors (Lipinski definition) is 7. The zero-order valence-corrected chi connectivity index (χ0v) is 17.6. The average molecular weight is 434 g/mol. The lowest BCUT2D eigenvalue weighted by molar-refractivity contribution is -0.118. The topological polar surface area (TPSA) is 108 Å². The highest BCUT2D eigenvalue weighted by Gasteiger charge is 2.36. The molecule has 4 rings (SSSR count). The van der Waals surface area contributed by atoms with E-state index < -0.39 is 12.5 Å². The summed E-state index contributed by atoms with van der Waals surface area (Å²) in [4.78, 5) is 37.2. The minimum Gasteiger partial charge on any atom is -0.348 e. The van der Waals surface area contributed by atoms with Gasteiger partial charge in [-0.05, 0) is 18.9 Å². The number of alkyl halides is 2. The molecule has 0 spiro atoms. The van der Waals surface area contributed by atoms with Crippen molar-refractivity contribution in [2.45, 2.75) is 39.4 Å². The van der Waals surface area contributed by atoms with Gasteiger partial charge in [0.2, 0.25) is 11.9 Å². The van der Waals surface area contributed by atoms with Crippen LogP contribution >= 0.6 is 0 Å². The highest BCUT2D eigenvalue weighted by atomic mass is 19.3. The molecule has 2 aliphatic rings. The van der Waals surface area contributed by atoms with Crippen LogP contribution in [0.5, 0.6) is 0 Å². The molecule has 10 nitrogen and oxygen atoms in total. The largest absolute Gasteiger partial charge is 0.348 e. The quantitative estimate of drug-likeness (QED) is 0.738. The molecule has 0 unspecified atom stereocenters. The second-order valence-corrected chi connectivity index (χ2v) is 8.13. The van der Waals surface area contributed by atoms with Gasteiger partial charge in [0.1, 0.15) is 11.7 Å². The van der Waals surface area contributed by atoms with Crippen molar-refractivity contribution < 1.29 is 18.4 Å². The fourth-order valence-corrected chi connectivity index (χ4v) is 3.92. The molecule has 0 aromatic carbocycles. The zero-order valence-electron chi connectivity index (χ0n) is 17.6. The van der Waals surface area contributed by atoms with E-state index in [1.807, 2.05) is 25.8 Å². The van der Waals surface area contributed by atoms with Gasteiger partial charge < -0.3 is 20.4 Å². The number of aryl methyl sites for hydroxylation is 1. The minimum atomic E-state index is -2.78. The normalized spacial score (nSPS) is 18.8. The number of anilines is 3. The van der Waals surface area contributed by atoms with Crippen LogP contribution in [0.1, 0.15) is 36.6 Å². The summed E-state index contributed by atoms with van der Waals surface area (Å²) in [5, 5.41) is 9.71. The summed E-state index contributed by atoms with van der Waals surface area (Å²) in [6.07, 6.45) is 1.08. The fraction of sp³-hybridized carbons (Fsp3) is 0.526. The molecule has 0 bridgehead atoms. The van der Waals surface area contributed by atoms with E-state index >= 15 is 0 Å². The first-order chi connectivity index (χ1) is 14.7. The number of aromatic nitrogens is 4. The fourth-order valence-electron chi connectivity index (χ4n) is 3.92. The lowest BCUT2D eigenvalue weighted by atomic mass is 9.99. The maximum Gasteiger partial charge on any atom is 0.333 e. The summed E-state index contributed by atoms with van der Waals surface area (Å²) >= 11 is 0. The molecule has 1 fully saturated rings. The molecule has 0 radical (unpaired) electrons. The van der Waals surface area contributed by atoms with E-state index in [1.165, 1.54) is 11.0 Å². The summed E-state index contributed by atoms with van der Waals surface area (Å²) < 4.78 is 25.7. The third-order valence-corrected chi connectivity index (χ3v) is 5.50. The van der Waals surface area contributed by atoms with Crippen LogP contribution in [-0.4, -0.2) is 68.7 Å². The number of rotatable bonds is 5. The van der Waals surface area contributed by atoms with E-state index in [9.17, 15) is 18.4 Å². The molecule has 1 atom stereocenters.